The highest BCUT2D eigenvalue weighted by molar-refractivity contribution is 6.14. The zero-order valence-corrected chi connectivity index (χ0v) is 28.8. The Hall–Kier alpha value is -6.91. The minimum Gasteiger partial charge on any atom is -0.456 e. The Labute approximate surface area is 305 Å². The molecule has 0 bridgehead atoms. The summed E-state index contributed by atoms with van der Waals surface area (Å²) in [4.78, 5) is 15.7. The fourth-order valence-electron chi connectivity index (χ4n) is 8.25. The van der Waals surface area contributed by atoms with E-state index >= 15 is 0 Å². The van der Waals surface area contributed by atoms with E-state index in [1.54, 1.807) is 0 Å². The highest BCUT2D eigenvalue weighted by Gasteiger charge is 2.20. The second-order valence-corrected chi connectivity index (χ2v) is 13.9. The number of para-hydroxylation sites is 1. The smallest absolute Gasteiger partial charge is 0.164 e. The molecule has 248 valence electrons. The van der Waals surface area contributed by atoms with Gasteiger partial charge in [-0.1, -0.05) is 140 Å². The van der Waals surface area contributed by atoms with E-state index in [1.807, 2.05) is 12.1 Å². The van der Waals surface area contributed by atoms with E-state index in [0.29, 0.717) is 17.5 Å². The van der Waals surface area contributed by atoms with Gasteiger partial charge in [-0.05, 0) is 96.9 Å². The quantitative estimate of drug-likeness (QED) is 0.174. The van der Waals surface area contributed by atoms with Crippen molar-refractivity contribution in [3.05, 3.63) is 175 Å². The summed E-state index contributed by atoms with van der Waals surface area (Å²) >= 11 is 0. The Kier molecular flexibility index (Phi) is 6.65. The summed E-state index contributed by atoms with van der Waals surface area (Å²) in [6, 6.07) is 53.5. The fraction of sp³-hybridized carbons (Fsp3) is 0.0408. The van der Waals surface area contributed by atoms with Crippen LogP contribution in [0, 0.1) is 0 Å². The molecule has 0 amide bonds. The molecule has 0 fully saturated rings. The van der Waals surface area contributed by atoms with Crippen LogP contribution in [-0.2, 0) is 0 Å². The SMILES string of the molecule is C1=C(c2nc(-c3ccc4c(ccc5ccccc54)c3)nc(-c3cc4ccccc4c4ccccc34)n2)CCC(c2cccc3oc4ccccc4c23)=C1. The second kappa shape index (κ2) is 11.8. The third-order valence-corrected chi connectivity index (χ3v) is 10.8. The monoisotopic (exact) mass is 677 g/mol. The summed E-state index contributed by atoms with van der Waals surface area (Å²) < 4.78 is 6.22. The van der Waals surface area contributed by atoms with Gasteiger partial charge in [0.1, 0.15) is 11.2 Å². The highest BCUT2D eigenvalue weighted by Crippen LogP contribution is 2.40. The van der Waals surface area contributed by atoms with Crippen molar-refractivity contribution in [3.8, 4) is 22.8 Å². The zero-order valence-electron chi connectivity index (χ0n) is 28.8. The van der Waals surface area contributed by atoms with Crippen molar-refractivity contribution in [3.63, 3.8) is 0 Å². The summed E-state index contributed by atoms with van der Waals surface area (Å²) in [6.07, 6.45) is 6.12. The number of benzene rings is 8. The van der Waals surface area contributed by atoms with E-state index in [4.69, 9.17) is 19.4 Å². The van der Waals surface area contributed by atoms with Crippen molar-refractivity contribution in [2.24, 2.45) is 0 Å². The van der Waals surface area contributed by atoms with Crippen molar-refractivity contribution in [2.45, 2.75) is 12.8 Å². The molecule has 1 aliphatic rings. The Morgan fingerprint density at radius 3 is 1.83 bits per heavy atom. The summed E-state index contributed by atoms with van der Waals surface area (Å²) in [7, 11) is 0. The Morgan fingerprint density at radius 1 is 0.377 bits per heavy atom. The van der Waals surface area contributed by atoms with E-state index < -0.39 is 0 Å². The van der Waals surface area contributed by atoms with Crippen LogP contribution in [0.2, 0.25) is 0 Å². The van der Waals surface area contributed by atoms with Gasteiger partial charge in [0.25, 0.3) is 0 Å². The van der Waals surface area contributed by atoms with E-state index in [0.717, 1.165) is 62.3 Å². The lowest BCUT2D eigenvalue weighted by molar-refractivity contribution is 0.669. The Morgan fingerprint density at radius 2 is 0.981 bits per heavy atom. The topological polar surface area (TPSA) is 51.8 Å². The number of hydrogen-bond donors (Lipinski definition) is 0. The first-order chi connectivity index (χ1) is 26.2. The van der Waals surface area contributed by atoms with Gasteiger partial charge >= 0.3 is 0 Å². The molecule has 4 nitrogen and oxygen atoms in total. The summed E-state index contributed by atoms with van der Waals surface area (Å²) in [5, 5.41) is 11.9. The predicted molar refractivity (Wildman–Crippen MR) is 220 cm³/mol. The number of furan rings is 1. The van der Waals surface area contributed by atoms with Crippen LogP contribution in [0.25, 0.3) is 99.0 Å². The van der Waals surface area contributed by atoms with E-state index in [2.05, 4.69) is 152 Å². The molecule has 0 aliphatic heterocycles. The van der Waals surface area contributed by atoms with Crippen LogP contribution < -0.4 is 0 Å². The fourth-order valence-corrected chi connectivity index (χ4v) is 8.25. The lowest BCUT2D eigenvalue weighted by atomic mass is 9.90. The maximum atomic E-state index is 6.22. The number of aromatic nitrogens is 3. The van der Waals surface area contributed by atoms with Crippen LogP contribution >= 0.6 is 0 Å². The molecule has 53 heavy (non-hydrogen) atoms. The maximum absolute atomic E-state index is 6.22. The van der Waals surface area contributed by atoms with Gasteiger partial charge in [0.05, 0.1) is 0 Å². The lowest BCUT2D eigenvalue weighted by Crippen LogP contribution is -2.05. The molecule has 0 radical (unpaired) electrons. The van der Waals surface area contributed by atoms with E-state index in [-0.39, 0.29) is 0 Å². The molecule has 0 spiro atoms. The molecule has 4 heteroatoms. The first-order valence-corrected chi connectivity index (χ1v) is 18.1. The third kappa shape index (κ3) is 4.87. The van der Waals surface area contributed by atoms with Crippen molar-refractivity contribution in [2.75, 3.05) is 0 Å². The van der Waals surface area contributed by atoms with Crippen LogP contribution in [0.3, 0.4) is 0 Å². The molecule has 2 aromatic heterocycles. The van der Waals surface area contributed by atoms with Crippen LogP contribution in [0.1, 0.15) is 24.2 Å². The molecule has 0 saturated carbocycles. The molecular weight excluding hydrogens is 647 g/mol. The van der Waals surface area contributed by atoms with Gasteiger partial charge < -0.3 is 4.42 Å². The zero-order chi connectivity index (χ0) is 34.9. The van der Waals surface area contributed by atoms with Crippen molar-refractivity contribution >= 4 is 76.2 Å². The number of fused-ring (bicyclic) bond motifs is 9. The predicted octanol–water partition coefficient (Wildman–Crippen LogP) is 13.0. The first kappa shape index (κ1) is 29.8. The average Bonchev–Trinajstić information content (AvgIpc) is 3.62. The van der Waals surface area contributed by atoms with Gasteiger partial charge in [0, 0.05) is 21.9 Å². The summed E-state index contributed by atoms with van der Waals surface area (Å²) in [5.74, 6) is 2.06. The normalized spacial score (nSPS) is 13.4. The molecule has 0 N–H and O–H groups in total. The molecule has 2 heterocycles. The Balaban J connectivity index is 1.10. The van der Waals surface area contributed by atoms with Gasteiger partial charge in [-0.15, -0.1) is 0 Å². The molecular formula is C49H31N3O. The molecule has 0 saturated heterocycles. The van der Waals surface area contributed by atoms with Gasteiger partial charge in [-0.25, -0.2) is 15.0 Å². The van der Waals surface area contributed by atoms with E-state index in [1.165, 1.54) is 43.5 Å². The largest absolute Gasteiger partial charge is 0.456 e. The molecule has 0 unspecified atom stereocenters. The van der Waals surface area contributed by atoms with Gasteiger partial charge in [0.15, 0.2) is 17.5 Å². The van der Waals surface area contributed by atoms with Gasteiger partial charge in [-0.2, -0.15) is 0 Å². The maximum Gasteiger partial charge on any atom is 0.164 e. The molecule has 1 aliphatic carbocycles. The highest BCUT2D eigenvalue weighted by atomic mass is 16.3. The van der Waals surface area contributed by atoms with E-state index in [9.17, 15) is 0 Å². The molecule has 8 aromatic carbocycles. The second-order valence-electron chi connectivity index (χ2n) is 13.9. The van der Waals surface area contributed by atoms with Crippen molar-refractivity contribution in [1.82, 2.24) is 15.0 Å². The van der Waals surface area contributed by atoms with Crippen LogP contribution in [0.15, 0.2) is 168 Å². The lowest BCUT2D eigenvalue weighted by Gasteiger charge is -2.17. The average molecular weight is 678 g/mol. The van der Waals surface area contributed by atoms with Crippen molar-refractivity contribution < 1.29 is 4.42 Å². The first-order valence-electron chi connectivity index (χ1n) is 18.1. The minimum absolute atomic E-state index is 0.669. The van der Waals surface area contributed by atoms with Gasteiger partial charge in [0.2, 0.25) is 0 Å². The number of hydrogen-bond acceptors (Lipinski definition) is 4. The number of nitrogens with zero attached hydrogens (tertiary/aromatic N) is 3. The van der Waals surface area contributed by atoms with Crippen LogP contribution in [0.4, 0.5) is 0 Å². The van der Waals surface area contributed by atoms with Crippen LogP contribution in [-0.4, -0.2) is 15.0 Å². The van der Waals surface area contributed by atoms with Gasteiger partial charge in [-0.3, -0.25) is 0 Å². The summed E-state index contributed by atoms with van der Waals surface area (Å²) in [6.45, 7) is 0. The van der Waals surface area contributed by atoms with Crippen LogP contribution in [0.5, 0.6) is 0 Å². The molecule has 11 rings (SSSR count). The number of rotatable bonds is 4. The molecule has 0 atom stereocenters. The summed E-state index contributed by atoms with van der Waals surface area (Å²) in [5.41, 5.74) is 7.39. The Bertz CT molecular complexity index is 3190. The minimum atomic E-state index is 0.669. The standard InChI is InChI=1S/C49H31N3O/c1-3-12-36-30(10-1)22-25-34-28-35(26-27-38(34)36)48-50-47(51-49(52-48)43-29-33-11-2-4-13-37(33)40-14-5-6-15-41(40)43)32-23-20-31(21-24-32)39-17-9-19-45-46(39)42-16-7-8-18-44(42)53-45/h1-20,22-23,25-29H,21,24H2. The number of allylic oxidation sites excluding steroid dienone is 4. The molecule has 10 aromatic rings. The van der Waals surface area contributed by atoms with Crippen molar-refractivity contribution in [1.29, 1.82) is 0 Å². The third-order valence-electron chi connectivity index (χ3n) is 10.8.